The summed E-state index contributed by atoms with van der Waals surface area (Å²) < 4.78 is 4.99. The van der Waals surface area contributed by atoms with Crippen molar-refractivity contribution >= 4 is 5.97 Å². The maximum Gasteiger partial charge on any atom is 0.341 e. The third kappa shape index (κ3) is 1.71. The number of carboxylic acid groups (broad SMARTS) is 1. The SMILES string of the molecule is Cc1noc(C(C)(C)C)c1C(=O)O. The standard InChI is InChI=1S/C9H13NO3/c1-5-6(8(11)12)7(13-10-5)9(2,3)4/h1-4H3,(H,11,12). The highest BCUT2D eigenvalue weighted by Gasteiger charge is 2.28. The third-order valence-corrected chi connectivity index (χ3v) is 1.76. The second-order valence-electron chi connectivity index (χ2n) is 4.03. The molecule has 0 unspecified atom stereocenters. The van der Waals surface area contributed by atoms with Crippen LogP contribution >= 0.6 is 0 Å². The zero-order valence-corrected chi connectivity index (χ0v) is 8.21. The number of rotatable bonds is 1. The van der Waals surface area contributed by atoms with Gasteiger partial charge in [0.15, 0.2) is 5.76 Å². The van der Waals surface area contributed by atoms with E-state index in [1.807, 2.05) is 20.8 Å². The molecule has 0 aliphatic carbocycles. The monoisotopic (exact) mass is 183 g/mol. The summed E-state index contributed by atoms with van der Waals surface area (Å²) in [7, 11) is 0. The van der Waals surface area contributed by atoms with E-state index in [2.05, 4.69) is 5.16 Å². The molecule has 0 amide bonds. The van der Waals surface area contributed by atoms with Crippen LogP contribution in [0.4, 0.5) is 0 Å². The van der Waals surface area contributed by atoms with Crippen molar-refractivity contribution in [3.8, 4) is 0 Å². The molecule has 1 rings (SSSR count). The molecule has 0 aromatic carbocycles. The lowest BCUT2D eigenvalue weighted by Gasteiger charge is -2.14. The van der Waals surface area contributed by atoms with Crippen molar-refractivity contribution in [1.82, 2.24) is 5.16 Å². The van der Waals surface area contributed by atoms with Crippen molar-refractivity contribution in [2.45, 2.75) is 33.1 Å². The fraction of sp³-hybridized carbons (Fsp3) is 0.556. The molecule has 0 aliphatic rings. The Hall–Kier alpha value is -1.32. The number of carboxylic acids is 1. The van der Waals surface area contributed by atoms with Gasteiger partial charge in [-0.1, -0.05) is 25.9 Å². The summed E-state index contributed by atoms with van der Waals surface area (Å²) in [5, 5.41) is 12.5. The summed E-state index contributed by atoms with van der Waals surface area (Å²) >= 11 is 0. The normalized spacial score (nSPS) is 11.7. The average Bonchev–Trinajstić information content (AvgIpc) is 2.28. The van der Waals surface area contributed by atoms with E-state index in [1.165, 1.54) is 0 Å². The molecule has 1 N–H and O–H groups in total. The van der Waals surface area contributed by atoms with Crippen molar-refractivity contribution in [2.75, 3.05) is 0 Å². The minimum absolute atomic E-state index is 0.188. The summed E-state index contributed by atoms with van der Waals surface area (Å²) in [6.07, 6.45) is 0. The van der Waals surface area contributed by atoms with Gasteiger partial charge in [-0.3, -0.25) is 0 Å². The van der Waals surface area contributed by atoms with Gasteiger partial charge in [-0.15, -0.1) is 0 Å². The molecular weight excluding hydrogens is 170 g/mol. The first-order valence-electron chi connectivity index (χ1n) is 4.04. The van der Waals surface area contributed by atoms with Crippen molar-refractivity contribution < 1.29 is 14.4 Å². The predicted molar refractivity (Wildman–Crippen MR) is 46.9 cm³/mol. The maximum absolute atomic E-state index is 10.9. The summed E-state index contributed by atoms with van der Waals surface area (Å²) in [6.45, 7) is 7.29. The van der Waals surface area contributed by atoms with E-state index < -0.39 is 5.97 Å². The maximum atomic E-state index is 10.9. The molecule has 0 saturated carbocycles. The van der Waals surface area contributed by atoms with Crippen LogP contribution in [0.5, 0.6) is 0 Å². The fourth-order valence-electron chi connectivity index (χ4n) is 1.13. The molecular formula is C9H13NO3. The van der Waals surface area contributed by atoms with Crippen LogP contribution in [-0.4, -0.2) is 16.2 Å². The van der Waals surface area contributed by atoms with Gasteiger partial charge in [-0.25, -0.2) is 4.79 Å². The summed E-state index contributed by atoms with van der Waals surface area (Å²) in [5.41, 5.74) is 0.291. The Bertz CT molecular complexity index is 333. The van der Waals surface area contributed by atoms with E-state index in [-0.39, 0.29) is 11.0 Å². The lowest BCUT2D eigenvalue weighted by atomic mass is 9.90. The van der Waals surface area contributed by atoms with Crippen molar-refractivity contribution in [3.05, 3.63) is 17.0 Å². The zero-order valence-electron chi connectivity index (χ0n) is 8.21. The minimum Gasteiger partial charge on any atom is -0.477 e. The van der Waals surface area contributed by atoms with Crippen LogP contribution in [-0.2, 0) is 5.41 Å². The number of aromatic nitrogens is 1. The molecule has 4 nitrogen and oxygen atoms in total. The average molecular weight is 183 g/mol. The lowest BCUT2D eigenvalue weighted by Crippen LogP contribution is -2.15. The van der Waals surface area contributed by atoms with Crippen LogP contribution in [0.15, 0.2) is 4.52 Å². The smallest absolute Gasteiger partial charge is 0.341 e. The first-order chi connectivity index (χ1) is 5.84. The van der Waals surface area contributed by atoms with E-state index in [0.29, 0.717) is 11.5 Å². The first kappa shape index (κ1) is 9.77. The fourth-order valence-corrected chi connectivity index (χ4v) is 1.13. The zero-order chi connectivity index (χ0) is 10.2. The van der Waals surface area contributed by atoms with Crippen LogP contribution in [0, 0.1) is 6.92 Å². The summed E-state index contributed by atoms with van der Waals surface area (Å²) in [5.74, 6) is -0.554. The van der Waals surface area contributed by atoms with Crippen LogP contribution in [0.2, 0.25) is 0 Å². The largest absolute Gasteiger partial charge is 0.477 e. The lowest BCUT2D eigenvalue weighted by molar-refractivity contribution is 0.0691. The van der Waals surface area contributed by atoms with E-state index in [4.69, 9.17) is 9.63 Å². The number of aromatic carboxylic acids is 1. The minimum atomic E-state index is -0.983. The number of carbonyl (C=O) groups is 1. The molecule has 1 aromatic rings. The topological polar surface area (TPSA) is 63.3 Å². The molecule has 0 saturated heterocycles. The van der Waals surface area contributed by atoms with Gasteiger partial charge in [0.05, 0.1) is 5.69 Å². The van der Waals surface area contributed by atoms with Crippen LogP contribution < -0.4 is 0 Å². The van der Waals surface area contributed by atoms with E-state index in [9.17, 15) is 4.79 Å². The van der Waals surface area contributed by atoms with Crippen LogP contribution in [0.1, 0.15) is 42.6 Å². The van der Waals surface area contributed by atoms with Gasteiger partial charge in [-0.05, 0) is 6.92 Å². The molecule has 0 atom stereocenters. The quantitative estimate of drug-likeness (QED) is 0.723. The molecule has 4 heteroatoms. The second-order valence-corrected chi connectivity index (χ2v) is 4.03. The predicted octanol–water partition coefficient (Wildman–Crippen LogP) is 1.98. The molecule has 1 aromatic heterocycles. The molecule has 13 heavy (non-hydrogen) atoms. The highest BCUT2D eigenvalue weighted by molar-refractivity contribution is 5.90. The van der Waals surface area contributed by atoms with Gasteiger partial charge in [0.1, 0.15) is 5.56 Å². The number of hydrogen-bond donors (Lipinski definition) is 1. The molecule has 1 heterocycles. The molecule has 0 fully saturated rings. The Balaban J connectivity index is 3.31. The second kappa shape index (κ2) is 2.87. The Morgan fingerprint density at radius 1 is 1.46 bits per heavy atom. The Kier molecular flexibility index (Phi) is 2.15. The van der Waals surface area contributed by atoms with Crippen LogP contribution in [0.25, 0.3) is 0 Å². The molecule has 72 valence electrons. The van der Waals surface area contributed by atoms with E-state index in [0.717, 1.165) is 0 Å². The number of nitrogens with zero attached hydrogens (tertiary/aromatic N) is 1. The van der Waals surface area contributed by atoms with Crippen molar-refractivity contribution in [1.29, 1.82) is 0 Å². The summed E-state index contributed by atoms with van der Waals surface area (Å²) in [4.78, 5) is 10.9. The van der Waals surface area contributed by atoms with Crippen molar-refractivity contribution in [3.63, 3.8) is 0 Å². The number of aryl methyl sites for hydroxylation is 1. The van der Waals surface area contributed by atoms with Gasteiger partial charge in [0.2, 0.25) is 0 Å². The van der Waals surface area contributed by atoms with Gasteiger partial charge in [0, 0.05) is 5.41 Å². The molecule has 0 aliphatic heterocycles. The van der Waals surface area contributed by atoms with E-state index >= 15 is 0 Å². The Labute approximate surface area is 76.5 Å². The van der Waals surface area contributed by atoms with E-state index in [1.54, 1.807) is 6.92 Å². The number of hydrogen-bond acceptors (Lipinski definition) is 3. The van der Waals surface area contributed by atoms with Crippen molar-refractivity contribution in [2.24, 2.45) is 0 Å². The van der Waals surface area contributed by atoms with Crippen LogP contribution in [0.3, 0.4) is 0 Å². The summed E-state index contributed by atoms with van der Waals surface area (Å²) in [6, 6.07) is 0. The first-order valence-corrected chi connectivity index (χ1v) is 4.04. The Morgan fingerprint density at radius 2 is 2.00 bits per heavy atom. The highest BCUT2D eigenvalue weighted by Crippen LogP contribution is 2.27. The Morgan fingerprint density at radius 3 is 2.31 bits per heavy atom. The molecule has 0 radical (unpaired) electrons. The van der Waals surface area contributed by atoms with Gasteiger partial charge in [0.25, 0.3) is 0 Å². The molecule has 0 spiro atoms. The molecule has 0 bridgehead atoms. The van der Waals surface area contributed by atoms with Gasteiger partial charge in [-0.2, -0.15) is 0 Å². The van der Waals surface area contributed by atoms with Gasteiger partial charge >= 0.3 is 5.97 Å². The highest BCUT2D eigenvalue weighted by atomic mass is 16.5. The third-order valence-electron chi connectivity index (χ3n) is 1.76. The van der Waals surface area contributed by atoms with Gasteiger partial charge < -0.3 is 9.63 Å².